The molecular formula is C12H20O3. The Morgan fingerprint density at radius 2 is 2.07 bits per heavy atom. The van der Waals surface area contributed by atoms with Crippen molar-refractivity contribution in [3.05, 3.63) is 0 Å². The van der Waals surface area contributed by atoms with Gasteiger partial charge in [0.25, 0.3) is 0 Å². The van der Waals surface area contributed by atoms with Gasteiger partial charge in [-0.2, -0.15) is 0 Å². The molecule has 2 saturated heterocycles. The number of carbonyl (C=O) groups is 1. The molecule has 0 aromatic heterocycles. The molecule has 0 aromatic carbocycles. The number of carbonyl (C=O) groups excluding carboxylic acids is 1. The van der Waals surface area contributed by atoms with Crippen LogP contribution in [0.1, 0.15) is 47.0 Å². The molecule has 15 heavy (non-hydrogen) atoms. The van der Waals surface area contributed by atoms with E-state index < -0.39 is 5.60 Å². The van der Waals surface area contributed by atoms with Crippen molar-refractivity contribution in [2.45, 2.75) is 64.8 Å². The monoisotopic (exact) mass is 212 g/mol. The molecule has 0 spiro atoms. The van der Waals surface area contributed by atoms with Gasteiger partial charge in [-0.15, -0.1) is 0 Å². The minimum atomic E-state index is -0.401. The maximum atomic E-state index is 11.3. The summed E-state index contributed by atoms with van der Waals surface area (Å²) in [5, 5.41) is 0. The number of hydrogen-bond donors (Lipinski definition) is 0. The first-order valence-electron chi connectivity index (χ1n) is 5.70. The highest BCUT2D eigenvalue weighted by Gasteiger charge is 2.60. The zero-order chi connectivity index (χ0) is 11.3. The van der Waals surface area contributed by atoms with Crippen LogP contribution in [0.15, 0.2) is 0 Å². The predicted molar refractivity (Wildman–Crippen MR) is 56.5 cm³/mol. The van der Waals surface area contributed by atoms with E-state index in [9.17, 15) is 4.79 Å². The zero-order valence-electron chi connectivity index (χ0n) is 10.0. The summed E-state index contributed by atoms with van der Waals surface area (Å²) in [6, 6.07) is 0. The van der Waals surface area contributed by atoms with Crippen molar-refractivity contribution in [3.8, 4) is 0 Å². The predicted octanol–water partition coefficient (Wildman–Crippen LogP) is 2.29. The molecule has 2 rings (SSSR count). The van der Waals surface area contributed by atoms with E-state index in [-0.39, 0.29) is 17.5 Å². The molecule has 86 valence electrons. The van der Waals surface area contributed by atoms with Crippen LogP contribution in [0.4, 0.5) is 0 Å². The molecule has 0 radical (unpaired) electrons. The van der Waals surface area contributed by atoms with Crippen LogP contribution in [0, 0.1) is 5.41 Å². The third kappa shape index (κ3) is 1.57. The molecule has 2 bridgehead atoms. The Morgan fingerprint density at radius 1 is 1.40 bits per heavy atom. The van der Waals surface area contributed by atoms with E-state index in [0.717, 1.165) is 19.3 Å². The SMILES string of the molecule is CC(=O)OC1(C(C)(C)C)CC2CCC1O2. The fourth-order valence-electron chi connectivity index (χ4n) is 2.97. The minimum Gasteiger partial charge on any atom is -0.456 e. The summed E-state index contributed by atoms with van der Waals surface area (Å²) in [5.74, 6) is -0.193. The molecule has 3 atom stereocenters. The highest BCUT2D eigenvalue weighted by Crippen LogP contribution is 2.52. The number of ether oxygens (including phenoxy) is 2. The molecule has 2 heterocycles. The van der Waals surface area contributed by atoms with Crippen molar-refractivity contribution < 1.29 is 14.3 Å². The largest absolute Gasteiger partial charge is 0.456 e. The second-order valence-electron chi connectivity index (χ2n) is 5.76. The fourth-order valence-corrected chi connectivity index (χ4v) is 2.97. The summed E-state index contributed by atoms with van der Waals surface area (Å²) in [7, 11) is 0. The highest BCUT2D eigenvalue weighted by molar-refractivity contribution is 5.67. The van der Waals surface area contributed by atoms with Gasteiger partial charge >= 0.3 is 5.97 Å². The lowest BCUT2D eigenvalue weighted by Gasteiger charge is -2.44. The van der Waals surface area contributed by atoms with Crippen LogP contribution < -0.4 is 0 Å². The normalized spacial score (nSPS) is 39.5. The molecule has 3 nitrogen and oxygen atoms in total. The molecule has 0 amide bonds. The molecule has 0 N–H and O–H groups in total. The maximum Gasteiger partial charge on any atom is 0.303 e. The highest BCUT2D eigenvalue weighted by atomic mass is 16.6. The van der Waals surface area contributed by atoms with Gasteiger partial charge in [0.15, 0.2) is 0 Å². The van der Waals surface area contributed by atoms with Crippen LogP contribution in [-0.4, -0.2) is 23.8 Å². The van der Waals surface area contributed by atoms with Gasteiger partial charge in [-0.25, -0.2) is 0 Å². The summed E-state index contributed by atoms with van der Waals surface area (Å²) in [6.45, 7) is 7.86. The third-order valence-electron chi connectivity index (χ3n) is 3.75. The van der Waals surface area contributed by atoms with Gasteiger partial charge < -0.3 is 9.47 Å². The number of hydrogen-bond acceptors (Lipinski definition) is 3. The first kappa shape index (κ1) is 10.9. The Hall–Kier alpha value is -0.570. The number of rotatable bonds is 1. The zero-order valence-corrected chi connectivity index (χ0v) is 10.0. The Bertz CT molecular complexity index is 279. The maximum absolute atomic E-state index is 11.3. The van der Waals surface area contributed by atoms with Crippen molar-refractivity contribution in [2.24, 2.45) is 5.41 Å². The first-order valence-corrected chi connectivity index (χ1v) is 5.70. The van der Waals surface area contributed by atoms with E-state index >= 15 is 0 Å². The van der Waals surface area contributed by atoms with Crippen molar-refractivity contribution in [2.75, 3.05) is 0 Å². The lowest BCUT2D eigenvalue weighted by Crippen LogP contribution is -2.53. The Balaban J connectivity index is 2.28. The molecule has 2 fully saturated rings. The van der Waals surface area contributed by atoms with E-state index in [1.807, 2.05) is 0 Å². The van der Waals surface area contributed by atoms with Gasteiger partial charge in [0.2, 0.25) is 0 Å². The van der Waals surface area contributed by atoms with E-state index in [4.69, 9.17) is 9.47 Å². The molecule has 3 unspecified atom stereocenters. The van der Waals surface area contributed by atoms with E-state index in [2.05, 4.69) is 20.8 Å². The lowest BCUT2D eigenvalue weighted by molar-refractivity contribution is -0.181. The van der Waals surface area contributed by atoms with E-state index in [1.54, 1.807) is 0 Å². The van der Waals surface area contributed by atoms with Crippen molar-refractivity contribution in [3.63, 3.8) is 0 Å². The van der Waals surface area contributed by atoms with Gasteiger partial charge in [0.05, 0.1) is 12.2 Å². The van der Waals surface area contributed by atoms with Crippen LogP contribution in [0.3, 0.4) is 0 Å². The Morgan fingerprint density at radius 3 is 2.40 bits per heavy atom. The average Bonchev–Trinajstić information content (AvgIpc) is 2.60. The number of esters is 1. The first-order chi connectivity index (χ1) is 6.85. The van der Waals surface area contributed by atoms with Crippen molar-refractivity contribution in [1.82, 2.24) is 0 Å². The van der Waals surface area contributed by atoms with Crippen LogP contribution in [0.2, 0.25) is 0 Å². The number of fused-ring (bicyclic) bond motifs is 2. The van der Waals surface area contributed by atoms with E-state index in [0.29, 0.717) is 6.10 Å². The van der Waals surface area contributed by atoms with E-state index in [1.165, 1.54) is 6.92 Å². The molecule has 0 aliphatic carbocycles. The lowest BCUT2D eigenvalue weighted by atomic mass is 9.68. The Kier molecular flexibility index (Phi) is 2.34. The van der Waals surface area contributed by atoms with Crippen LogP contribution in [0.25, 0.3) is 0 Å². The molecule has 0 aromatic rings. The molecule has 0 saturated carbocycles. The van der Waals surface area contributed by atoms with Crippen LogP contribution in [-0.2, 0) is 14.3 Å². The van der Waals surface area contributed by atoms with Gasteiger partial charge in [-0.05, 0) is 12.8 Å². The fraction of sp³-hybridized carbons (Fsp3) is 0.917. The second-order valence-corrected chi connectivity index (χ2v) is 5.76. The standard InChI is InChI=1S/C12H20O3/c1-8(13)15-12(11(2,3)4)7-9-5-6-10(12)14-9/h9-10H,5-7H2,1-4H3. The quantitative estimate of drug-likeness (QED) is 0.625. The minimum absolute atomic E-state index is 0.0570. The summed E-state index contributed by atoms with van der Waals surface area (Å²) in [4.78, 5) is 11.3. The topological polar surface area (TPSA) is 35.5 Å². The summed E-state index contributed by atoms with van der Waals surface area (Å²) in [6.07, 6.45) is 3.40. The van der Waals surface area contributed by atoms with Crippen LogP contribution >= 0.6 is 0 Å². The second kappa shape index (κ2) is 3.21. The molecule has 2 aliphatic heterocycles. The third-order valence-corrected chi connectivity index (χ3v) is 3.75. The van der Waals surface area contributed by atoms with Gasteiger partial charge in [0.1, 0.15) is 5.60 Å². The van der Waals surface area contributed by atoms with Gasteiger partial charge in [-0.3, -0.25) is 4.79 Å². The molecule has 2 aliphatic rings. The summed E-state index contributed by atoms with van der Waals surface area (Å²) < 4.78 is 11.5. The van der Waals surface area contributed by atoms with Crippen molar-refractivity contribution >= 4 is 5.97 Å². The van der Waals surface area contributed by atoms with Crippen molar-refractivity contribution in [1.29, 1.82) is 0 Å². The molecule has 3 heteroatoms. The molecular weight excluding hydrogens is 192 g/mol. The average molecular weight is 212 g/mol. The smallest absolute Gasteiger partial charge is 0.303 e. The Labute approximate surface area is 91.1 Å². The summed E-state index contributed by atoms with van der Waals surface area (Å²) >= 11 is 0. The summed E-state index contributed by atoms with van der Waals surface area (Å²) in [5.41, 5.74) is -0.458. The van der Waals surface area contributed by atoms with Gasteiger partial charge in [0, 0.05) is 18.8 Å². The van der Waals surface area contributed by atoms with Crippen LogP contribution in [0.5, 0.6) is 0 Å². The van der Waals surface area contributed by atoms with Gasteiger partial charge in [-0.1, -0.05) is 20.8 Å².